The minimum atomic E-state index is 0.0420. The van der Waals surface area contributed by atoms with Crippen molar-refractivity contribution in [2.75, 3.05) is 6.61 Å². The predicted octanol–water partition coefficient (Wildman–Crippen LogP) is 3.49. The third-order valence-corrected chi connectivity index (χ3v) is 4.19. The number of aliphatic hydroxyl groups is 1. The lowest BCUT2D eigenvalue weighted by Crippen LogP contribution is -2.36. The molecule has 0 saturated heterocycles. The van der Waals surface area contributed by atoms with E-state index in [0.29, 0.717) is 24.7 Å². The van der Waals surface area contributed by atoms with Crippen LogP contribution in [0.4, 0.5) is 0 Å². The summed E-state index contributed by atoms with van der Waals surface area (Å²) in [5, 5.41) is 12.1. The molecule has 3 nitrogen and oxygen atoms in total. The molecule has 0 bridgehead atoms. The minimum absolute atomic E-state index is 0.0420. The van der Waals surface area contributed by atoms with E-state index in [-0.39, 0.29) is 18.6 Å². The fourth-order valence-corrected chi connectivity index (χ4v) is 2.62. The van der Waals surface area contributed by atoms with Gasteiger partial charge in [0.2, 0.25) is 5.91 Å². The molecule has 1 aliphatic carbocycles. The Hall–Kier alpha value is -1.61. The van der Waals surface area contributed by atoms with E-state index in [4.69, 9.17) is 5.11 Å². The third kappa shape index (κ3) is 5.30. The van der Waals surface area contributed by atoms with E-state index in [2.05, 4.69) is 43.4 Å². The highest BCUT2D eigenvalue weighted by molar-refractivity contribution is 5.78. The van der Waals surface area contributed by atoms with Crippen molar-refractivity contribution in [3.63, 3.8) is 0 Å². The van der Waals surface area contributed by atoms with Gasteiger partial charge in [0.1, 0.15) is 0 Å². The summed E-state index contributed by atoms with van der Waals surface area (Å²) in [4.78, 5) is 12.0. The summed E-state index contributed by atoms with van der Waals surface area (Å²) in [6, 6.07) is 8.59. The van der Waals surface area contributed by atoms with Crippen LogP contribution in [0.1, 0.15) is 56.6 Å². The number of benzene rings is 1. The Morgan fingerprint density at radius 2 is 2.00 bits per heavy atom. The van der Waals surface area contributed by atoms with Crippen LogP contribution in [0.15, 0.2) is 30.3 Å². The SMILES string of the molecule is CC(C)c1ccc(/C=C/CC(=O)NC(CCO)C2CC2)cc1. The van der Waals surface area contributed by atoms with E-state index < -0.39 is 0 Å². The monoisotopic (exact) mass is 301 g/mol. The second-order valence-corrected chi connectivity index (χ2v) is 6.45. The Kier molecular flexibility index (Phi) is 6.20. The fourth-order valence-electron chi connectivity index (χ4n) is 2.62. The van der Waals surface area contributed by atoms with E-state index in [0.717, 1.165) is 5.56 Å². The minimum Gasteiger partial charge on any atom is -0.396 e. The van der Waals surface area contributed by atoms with Crippen molar-refractivity contribution in [1.82, 2.24) is 5.32 Å². The van der Waals surface area contributed by atoms with Crippen LogP contribution in [-0.2, 0) is 4.79 Å². The van der Waals surface area contributed by atoms with Crippen LogP contribution < -0.4 is 5.32 Å². The largest absolute Gasteiger partial charge is 0.396 e. The smallest absolute Gasteiger partial charge is 0.224 e. The highest BCUT2D eigenvalue weighted by atomic mass is 16.3. The number of aliphatic hydroxyl groups excluding tert-OH is 1. The number of nitrogens with one attached hydrogen (secondary N) is 1. The van der Waals surface area contributed by atoms with Gasteiger partial charge in [-0.2, -0.15) is 0 Å². The summed E-state index contributed by atoms with van der Waals surface area (Å²) >= 11 is 0. The zero-order chi connectivity index (χ0) is 15.9. The van der Waals surface area contributed by atoms with Gasteiger partial charge in [-0.3, -0.25) is 4.79 Å². The molecule has 1 unspecified atom stereocenters. The molecule has 0 radical (unpaired) electrons. The lowest BCUT2D eigenvalue weighted by molar-refractivity contribution is -0.121. The number of hydrogen-bond donors (Lipinski definition) is 2. The van der Waals surface area contributed by atoms with Crippen LogP contribution in [0, 0.1) is 5.92 Å². The second kappa shape index (κ2) is 8.14. The quantitative estimate of drug-likeness (QED) is 0.772. The maximum atomic E-state index is 12.0. The molecular formula is C19H27NO2. The third-order valence-electron chi connectivity index (χ3n) is 4.19. The van der Waals surface area contributed by atoms with Crippen molar-refractivity contribution >= 4 is 12.0 Å². The Bertz CT molecular complexity index is 501. The number of hydrogen-bond acceptors (Lipinski definition) is 2. The average Bonchev–Trinajstić information content (AvgIpc) is 3.32. The molecule has 1 fully saturated rings. The number of carbonyl (C=O) groups excluding carboxylic acids is 1. The summed E-state index contributed by atoms with van der Waals surface area (Å²) in [5.41, 5.74) is 2.44. The topological polar surface area (TPSA) is 49.3 Å². The molecule has 1 amide bonds. The Morgan fingerprint density at radius 3 is 2.55 bits per heavy atom. The first kappa shape index (κ1) is 16.8. The van der Waals surface area contributed by atoms with Crippen molar-refractivity contribution in [2.45, 2.75) is 51.5 Å². The van der Waals surface area contributed by atoms with Gasteiger partial charge in [-0.1, -0.05) is 50.3 Å². The van der Waals surface area contributed by atoms with E-state index in [1.165, 1.54) is 18.4 Å². The molecule has 1 aromatic rings. The van der Waals surface area contributed by atoms with Gasteiger partial charge in [0, 0.05) is 19.1 Å². The highest BCUT2D eigenvalue weighted by Crippen LogP contribution is 2.33. The number of carbonyl (C=O) groups is 1. The van der Waals surface area contributed by atoms with Gasteiger partial charge in [-0.25, -0.2) is 0 Å². The van der Waals surface area contributed by atoms with E-state index in [9.17, 15) is 4.79 Å². The van der Waals surface area contributed by atoms with Gasteiger partial charge in [0.05, 0.1) is 0 Å². The van der Waals surface area contributed by atoms with E-state index >= 15 is 0 Å². The predicted molar refractivity (Wildman–Crippen MR) is 90.5 cm³/mol. The molecule has 1 atom stereocenters. The van der Waals surface area contributed by atoms with Gasteiger partial charge in [0.15, 0.2) is 0 Å². The Balaban J connectivity index is 1.79. The zero-order valence-electron chi connectivity index (χ0n) is 13.6. The molecule has 1 aliphatic rings. The van der Waals surface area contributed by atoms with Crippen LogP contribution in [0.25, 0.3) is 6.08 Å². The first-order valence-electron chi connectivity index (χ1n) is 8.27. The zero-order valence-corrected chi connectivity index (χ0v) is 13.6. The van der Waals surface area contributed by atoms with Gasteiger partial charge < -0.3 is 10.4 Å². The van der Waals surface area contributed by atoms with E-state index in [1.807, 2.05) is 12.2 Å². The van der Waals surface area contributed by atoms with E-state index in [1.54, 1.807) is 0 Å². The molecule has 2 rings (SSSR count). The molecule has 0 aromatic heterocycles. The standard InChI is InChI=1S/C19H27NO2/c1-14(2)16-8-6-15(7-9-16)4-3-5-19(22)20-18(12-13-21)17-10-11-17/h3-4,6-9,14,17-18,21H,5,10-13H2,1-2H3,(H,20,22)/b4-3+. The van der Waals surface area contributed by atoms with Crippen LogP contribution in [0.5, 0.6) is 0 Å². The molecule has 1 saturated carbocycles. The molecule has 1 aromatic carbocycles. The van der Waals surface area contributed by atoms with Gasteiger partial charge in [0.25, 0.3) is 0 Å². The molecule has 0 heterocycles. The molecule has 120 valence electrons. The molecule has 0 aliphatic heterocycles. The molecular weight excluding hydrogens is 274 g/mol. The molecule has 2 N–H and O–H groups in total. The van der Waals surface area contributed by atoms with Crippen molar-refractivity contribution in [3.8, 4) is 0 Å². The lowest BCUT2D eigenvalue weighted by atomic mass is 10.0. The summed E-state index contributed by atoms with van der Waals surface area (Å²) in [7, 11) is 0. The van der Waals surface area contributed by atoms with Crippen molar-refractivity contribution < 1.29 is 9.90 Å². The Labute approximate surface area is 133 Å². The highest BCUT2D eigenvalue weighted by Gasteiger charge is 2.31. The van der Waals surface area contributed by atoms with Crippen molar-refractivity contribution in [1.29, 1.82) is 0 Å². The van der Waals surface area contributed by atoms with Gasteiger partial charge in [-0.05, 0) is 42.2 Å². The molecule has 0 spiro atoms. The lowest BCUT2D eigenvalue weighted by Gasteiger charge is -2.16. The van der Waals surface area contributed by atoms with Gasteiger partial charge >= 0.3 is 0 Å². The summed E-state index contributed by atoms with van der Waals surface area (Å²) < 4.78 is 0. The molecule has 3 heteroatoms. The number of amides is 1. The summed E-state index contributed by atoms with van der Waals surface area (Å²) in [6.07, 6.45) is 7.29. The second-order valence-electron chi connectivity index (χ2n) is 6.45. The average molecular weight is 301 g/mol. The Morgan fingerprint density at radius 1 is 1.32 bits per heavy atom. The summed E-state index contributed by atoms with van der Waals surface area (Å²) in [5.74, 6) is 1.15. The maximum absolute atomic E-state index is 12.0. The molecule has 22 heavy (non-hydrogen) atoms. The normalized spacial score (nSPS) is 16.2. The number of rotatable bonds is 8. The van der Waals surface area contributed by atoms with Crippen LogP contribution in [0.2, 0.25) is 0 Å². The first-order chi connectivity index (χ1) is 10.6. The van der Waals surface area contributed by atoms with Crippen LogP contribution in [-0.4, -0.2) is 23.7 Å². The van der Waals surface area contributed by atoms with Crippen molar-refractivity contribution in [2.24, 2.45) is 5.92 Å². The fraction of sp³-hybridized carbons (Fsp3) is 0.526. The van der Waals surface area contributed by atoms with Crippen LogP contribution in [0.3, 0.4) is 0 Å². The van der Waals surface area contributed by atoms with Crippen LogP contribution >= 0.6 is 0 Å². The maximum Gasteiger partial charge on any atom is 0.224 e. The van der Waals surface area contributed by atoms with Crippen molar-refractivity contribution in [3.05, 3.63) is 41.5 Å². The summed E-state index contributed by atoms with van der Waals surface area (Å²) in [6.45, 7) is 4.50. The van der Waals surface area contributed by atoms with Gasteiger partial charge in [-0.15, -0.1) is 0 Å². The first-order valence-corrected chi connectivity index (χ1v) is 8.27.